The minimum atomic E-state index is 0.148. The van der Waals surface area contributed by atoms with Crippen LogP contribution in [0.1, 0.15) is 52.3 Å². The summed E-state index contributed by atoms with van der Waals surface area (Å²) in [4.78, 5) is 29.9. The number of likely N-dealkylation sites (tertiary alicyclic amines) is 1. The number of imidazole rings is 1. The van der Waals surface area contributed by atoms with E-state index in [4.69, 9.17) is 0 Å². The van der Waals surface area contributed by atoms with Crippen LogP contribution < -0.4 is 5.73 Å². The molecule has 25 heavy (non-hydrogen) atoms. The smallest absolute Gasteiger partial charge is 0.222 e. The van der Waals surface area contributed by atoms with Crippen molar-refractivity contribution in [2.75, 3.05) is 20.1 Å². The molecule has 0 atom stereocenters. The van der Waals surface area contributed by atoms with Gasteiger partial charge < -0.3 is 15.2 Å². The molecule has 1 saturated heterocycles. The molecule has 1 aromatic heterocycles. The van der Waals surface area contributed by atoms with Crippen LogP contribution in [0.25, 0.3) is 0 Å². The summed E-state index contributed by atoms with van der Waals surface area (Å²) in [5.74, 6) is 2.57. The standard InChI is InChI=1S/C18H29N3O2.CH5N/c1-14(2)4-5-18(23)20-9-6-16(7-10-20)12-17-19-8-11-21(17)13-15(3)22;1-2/h8,11,14,16H,4-7,9-10,12-13H2,1-3H3;2H2,1H3. The summed E-state index contributed by atoms with van der Waals surface area (Å²) in [6.07, 6.45) is 8.24. The highest BCUT2D eigenvalue weighted by Crippen LogP contribution is 2.22. The van der Waals surface area contributed by atoms with Crippen LogP contribution in [-0.2, 0) is 22.6 Å². The van der Waals surface area contributed by atoms with Gasteiger partial charge in [-0.2, -0.15) is 0 Å². The van der Waals surface area contributed by atoms with Crippen LogP contribution >= 0.6 is 0 Å². The largest absolute Gasteiger partial charge is 0.343 e. The molecule has 1 fully saturated rings. The van der Waals surface area contributed by atoms with E-state index in [1.54, 1.807) is 13.1 Å². The number of aromatic nitrogens is 2. The summed E-state index contributed by atoms with van der Waals surface area (Å²) in [6, 6.07) is 0. The molecular formula is C19H34N4O2. The molecule has 0 unspecified atom stereocenters. The van der Waals surface area contributed by atoms with Crippen LogP contribution in [0.15, 0.2) is 12.4 Å². The van der Waals surface area contributed by atoms with Gasteiger partial charge in [-0.1, -0.05) is 13.8 Å². The predicted octanol–water partition coefficient (Wildman–Crippen LogP) is 2.26. The first-order chi connectivity index (χ1) is 12.0. The highest BCUT2D eigenvalue weighted by atomic mass is 16.2. The van der Waals surface area contributed by atoms with E-state index in [9.17, 15) is 9.59 Å². The van der Waals surface area contributed by atoms with Crippen LogP contribution in [0.4, 0.5) is 0 Å². The number of ketones is 1. The van der Waals surface area contributed by atoms with Gasteiger partial charge in [0.2, 0.25) is 5.91 Å². The maximum Gasteiger partial charge on any atom is 0.222 e. The summed E-state index contributed by atoms with van der Waals surface area (Å²) in [7, 11) is 1.50. The minimum Gasteiger partial charge on any atom is -0.343 e. The van der Waals surface area contributed by atoms with Crippen molar-refractivity contribution in [3.05, 3.63) is 18.2 Å². The maximum atomic E-state index is 12.2. The number of Topliss-reactive ketones (excluding diaryl/α,β-unsaturated/α-hetero) is 1. The number of nitrogens with zero attached hydrogens (tertiary/aromatic N) is 3. The number of carbonyl (C=O) groups excluding carboxylic acids is 2. The number of amides is 1. The van der Waals surface area contributed by atoms with E-state index in [0.29, 0.717) is 30.7 Å². The Morgan fingerprint density at radius 2 is 1.92 bits per heavy atom. The molecule has 2 heterocycles. The van der Waals surface area contributed by atoms with Crippen molar-refractivity contribution in [2.45, 2.75) is 59.4 Å². The van der Waals surface area contributed by atoms with E-state index >= 15 is 0 Å². The molecule has 142 valence electrons. The molecule has 2 N–H and O–H groups in total. The number of hydrogen-bond donors (Lipinski definition) is 1. The Balaban J connectivity index is 0.00000151. The molecule has 0 spiro atoms. The van der Waals surface area contributed by atoms with E-state index in [0.717, 1.165) is 44.6 Å². The van der Waals surface area contributed by atoms with Crippen molar-refractivity contribution in [3.63, 3.8) is 0 Å². The van der Waals surface area contributed by atoms with Gasteiger partial charge in [0.1, 0.15) is 11.6 Å². The van der Waals surface area contributed by atoms with Gasteiger partial charge in [0, 0.05) is 38.3 Å². The lowest BCUT2D eigenvalue weighted by atomic mass is 9.93. The second kappa shape index (κ2) is 11.0. The molecule has 0 saturated carbocycles. The summed E-state index contributed by atoms with van der Waals surface area (Å²) < 4.78 is 1.95. The first-order valence-corrected chi connectivity index (χ1v) is 9.30. The summed E-state index contributed by atoms with van der Waals surface area (Å²) in [5, 5.41) is 0. The molecule has 0 radical (unpaired) electrons. The second-order valence-corrected chi connectivity index (χ2v) is 7.13. The zero-order valence-corrected chi connectivity index (χ0v) is 16.2. The van der Waals surface area contributed by atoms with Crippen molar-refractivity contribution in [1.29, 1.82) is 0 Å². The zero-order valence-electron chi connectivity index (χ0n) is 16.2. The Kier molecular flexibility index (Phi) is 9.42. The van der Waals surface area contributed by atoms with Gasteiger partial charge in [-0.05, 0) is 45.1 Å². The SMILES string of the molecule is CC(=O)Cn1ccnc1CC1CCN(C(=O)CCC(C)C)CC1.CN. The molecule has 1 amide bonds. The summed E-state index contributed by atoms with van der Waals surface area (Å²) in [5.41, 5.74) is 4.50. The molecule has 0 aromatic carbocycles. The Morgan fingerprint density at radius 1 is 1.28 bits per heavy atom. The van der Waals surface area contributed by atoms with Crippen LogP contribution in [0.2, 0.25) is 0 Å². The Bertz CT molecular complexity index is 531. The first kappa shape index (κ1) is 21.4. The monoisotopic (exact) mass is 350 g/mol. The van der Waals surface area contributed by atoms with Crippen LogP contribution in [0.3, 0.4) is 0 Å². The fourth-order valence-corrected chi connectivity index (χ4v) is 3.13. The van der Waals surface area contributed by atoms with Gasteiger partial charge in [0.25, 0.3) is 0 Å². The highest BCUT2D eigenvalue weighted by molar-refractivity contribution is 5.76. The van der Waals surface area contributed by atoms with E-state index in [1.807, 2.05) is 15.7 Å². The third kappa shape index (κ3) is 7.38. The quantitative estimate of drug-likeness (QED) is 0.818. The minimum absolute atomic E-state index is 0.148. The molecule has 6 heteroatoms. The van der Waals surface area contributed by atoms with Crippen LogP contribution in [0, 0.1) is 11.8 Å². The van der Waals surface area contributed by atoms with Crippen molar-refractivity contribution >= 4 is 11.7 Å². The lowest BCUT2D eigenvalue weighted by Gasteiger charge is -2.32. The molecule has 1 aliphatic rings. The molecule has 2 rings (SSSR count). The molecular weight excluding hydrogens is 316 g/mol. The van der Waals surface area contributed by atoms with Gasteiger partial charge in [0.15, 0.2) is 0 Å². The van der Waals surface area contributed by atoms with Gasteiger partial charge in [-0.3, -0.25) is 9.59 Å². The van der Waals surface area contributed by atoms with Crippen molar-refractivity contribution < 1.29 is 9.59 Å². The fourth-order valence-electron chi connectivity index (χ4n) is 3.13. The van der Waals surface area contributed by atoms with Crippen molar-refractivity contribution in [2.24, 2.45) is 17.6 Å². The van der Waals surface area contributed by atoms with E-state index in [2.05, 4.69) is 24.6 Å². The molecule has 6 nitrogen and oxygen atoms in total. The average Bonchev–Trinajstić information content (AvgIpc) is 3.01. The van der Waals surface area contributed by atoms with E-state index < -0.39 is 0 Å². The Labute approximate surface area is 151 Å². The number of piperidine rings is 1. The fraction of sp³-hybridized carbons (Fsp3) is 0.737. The number of carbonyl (C=O) groups is 2. The highest BCUT2D eigenvalue weighted by Gasteiger charge is 2.24. The lowest BCUT2D eigenvalue weighted by molar-refractivity contribution is -0.132. The average molecular weight is 351 g/mol. The Hall–Kier alpha value is -1.69. The topological polar surface area (TPSA) is 81.2 Å². The summed E-state index contributed by atoms with van der Waals surface area (Å²) in [6.45, 7) is 8.03. The molecule has 1 aliphatic heterocycles. The first-order valence-electron chi connectivity index (χ1n) is 9.30. The lowest BCUT2D eigenvalue weighted by Crippen LogP contribution is -2.39. The van der Waals surface area contributed by atoms with Gasteiger partial charge in [0.05, 0.1) is 6.54 Å². The molecule has 0 aliphatic carbocycles. The second-order valence-electron chi connectivity index (χ2n) is 7.13. The van der Waals surface area contributed by atoms with Crippen LogP contribution in [-0.4, -0.2) is 46.3 Å². The number of hydrogen-bond acceptors (Lipinski definition) is 4. The van der Waals surface area contributed by atoms with Crippen molar-refractivity contribution in [1.82, 2.24) is 14.5 Å². The van der Waals surface area contributed by atoms with Gasteiger partial charge >= 0.3 is 0 Å². The normalized spacial score (nSPS) is 15.0. The zero-order chi connectivity index (χ0) is 18.8. The number of rotatable bonds is 7. The maximum absolute atomic E-state index is 12.2. The van der Waals surface area contributed by atoms with Crippen molar-refractivity contribution in [3.8, 4) is 0 Å². The van der Waals surface area contributed by atoms with Crippen LogP contribution in [0.5, 0.6) is 0 Å². The van der Waals surface area contributed by atoms with E-state index in [1.165, 1.54) is 7.05 Å². The predicted molar refractivity (Wildman–Crippen MR) is 100 cm³/mol. The van der Waals surface area contributed by atoms with E-state index in [-0.39, 0.29) is 5.78 Å². The molecule has 1 aromatic rings. The third-order valence-electron chi connectivity index (χ3n) is 4.57. The Morgan fingerprint density at radius 3 is 2.48 bits per heavy atom. The van der Waals surface area contributed by atoms with Gasteiger partial charge in [-0.25, -0.2) is 4.98 Å². The molecule has 0 bridgehead atoms. The number of nitrogens with two attached hydrogens (primary N) is 1. The third-order valence-corrected chi connectivity index (χ3v) is 4.57. The summed E-state index contributed by atoms with van der Waals surface area (Å²) >= 11 is 0. The van der Waals surface area contributed by atoms with Gasteiger partial charge in [-0.15, -0.1) is 0 Å².